The number of H-pyrrole nitrogens is 1. The Labute approximate surface area is 177 Å². The Hall–Kier alpha value is -4.18. The number of nitrogen functional groups attached to an aromatic ring is 1. The Balaban J connectivity index is 0.000000457. The standard InChI is InChI=1S/C12H13NO.C6H6N4.C3H5N.C2H4/c1-4-10-7-6-8-11(9-10)12(14)13(3)5-2;7-5-4-1-2-8-6(4)10-3-9-5;1-2-3-4;1-2/h4-9H,1-2H2,3H3;1-3H,(H3,7,8,9,10);2H2,1H3;1-2H2. The molecular formula is C23H28N6O. The lowest BCUT2D eigenvalue weighted by Crippen LogP contribution is -2.20. The molecule has 0 saturated heterocycles. The number of benzene rings is 1. The molecule has 156 valence electrons. The van der Waals surface area contributed by atoms with Gasteiger partial charge < -0.3 is 15.6 Å². The van der Waals surface area contributed by atoms with Gasteiger partial charge in [-0.25, -0.2) is 9.97 Å². The molecule has 1 aromatic carbocycles. The molecule has 0 aliphatic rings. The number of carbonyl (C=O) groups is 1. The molecular weight excluding hydrogens is 376 g/mol. The molecule has 2 aromatic heterocycles. The van der Waals surface area contributed by atoms with Crippen LogP contribution in [0.2, 0.25) is 0 Å². The van der Waals surface area contributed by atoms with E-state index in [1.54, 1.807) is 31.5 Å². The summed E-state index contributed by atoms with van der Waals surface area (Å²) in [6, 6.07) is 11.1. The second kappa shape index (κ2) is 14.8. The maximum atomic E-state index is 11.7. The van der Waals surface area contributed by atoms with E-state index in [1.807, 2.05) is 31.2 Å². The van der Waals surface area contributed by atoms with Crippen molar-refractivity contribution in [1.82, 2.24) is 19.9 Å². The fraction of sp³-hybridized carbons (Fsp3) is 0.130. The molecule has 0 bridgehead atoms. The molecule has 0 unspecified atom stereocenters. The van der Waals surface area contributed by atoms with Crippen molar-refractivity contribution >= 4 is 28.8 Å². The largest absolute Gasteiger partial charge is 0.383 e. The second-order valence-corrected chi connectivity index (χ2v) is 5.44. The van der Waals surface area contributed by atoms with Crippen molar-refractivity contribution in [3.8, 4) is 6.07 Å². The predicted octanol–water partition coefficient (Wildman–Crippen LogP) is 4.81. The van der Waals surface area contributed by atoms with E-state index in [0.717, 1.165) is 16.6 Å². The molecule has 30 heavy (non-hydrogen) atoms. The first-order valence-electron chi connectivity index (χ1n) is 9.01. The second-order valence-electron chi connectivity index (χ2n) is 5.44. The van der Waals surface area contributed by atoms with Gasteiger partial charge in [0, 0.05) is 25.2 Å². The molecule has 0 aliphatic carbocycles. The van der Waals surface area contributed by atoms with Gasteiger partial charge in [-0.3, -0.25) is 4.79 Å². The van der Waals surface area contributed by atoms with Crippen molar-refractivity contribution in [2.45, 2.75) is 13.3 Å². The van der Waals surface area contributed by atoms with Gasteiger partial charge in [-0.1, -0.05) is 38.3 Å². The number of aromatic amines is 1. The van der Waals surface area contributed by atoms with Crippen molar-refractivity contribution in [3.63, 3.8) is 0 Å². The van der Waals surface area contributed by atoms with Crippen molar-refractivity contribution in [1.29, 1.82) is 5.26 Å². The number of fused-ring (bicyclic) bond motifs is 1. The Kier molecular flexibility index (Phi) is 12.8. The number of nitrogens with zero attached hydrogens (tertiary/aromatic N) is 4. The first-order chi connectivity index (χ1) is 14.5. The van der Waals surface area contributed by atoms with Crippen molar-refractivity contribution in [3.05, 3.63) is 86.5 Å². The first-order valence-corrected chi connectivity index (χ1v) is 9.01. The third kappa shape index (κ3) is 8.23. The predicted molar refractivity (Wildman–Crippen MR) is 124 cm³/mol. The number of nitrogens with two attached hydrogens (primary N) is 1. The highest BCUT2D eigenvalue weighted by atomic mass is 16.2. The van der Waals surface area contributed by atoms with Crippen LogP contribution in [0.5, 0.6) is 0 Å². The molecule has 3 aromatic rings. The molecule has 2 heterocycles. The van der Waals surface area contributed by atoms with Crippen LogP contribution in [-0.2, 0) is 0 Å². The molecule has 0 aliphatic heterocycles. The number of carbonyl (C=O) groups excluding carboxylic acids is 1. The van der Waals surface area contributed by atoms with Gasteiger partial charge in [0.25, 0.3) is 5.91 Å². The van der Waals surface area contributed by atoms with E-state index >= 15 is 0 Å². The van der Waals surface area contributed by atoms with Gasteiger partial charge >= 0.3 is 0 Å². The molecule has 3 rings (SSSR count). The molecule has 0 spiro atoms. The quantitative estimate of drug-likeness (QED) is 0.609. The number of nitrogens with one attached hydrogen (secondary N) is 1. The van der Waals surface area contributed by atoms with Crippen LogP contribution in [-0.4, -0.2) is 32.8 Å². The Morgan fingerprint density at radius 2 is 1.97 bits per heavy atom. The van der Waals surface area contributed by atoms with E-state index in [9.17, 15) is 4.79 Å². The first kappa shape index (κ1) is 25.8. The third-order valence-electron chi connectivity index (χ3n) is 3.51. The van der Waals surface area contributed by atoms with Gasteiger partial charge in [0.2, 0.25) is 0 Å². The van der Waals surface area contributed by atoms with Crippen LogP contribution in [0.4, 0.5) is 5.82 Å². The average Bonchev–Trinajstić information content (AvgIpc) is 3.30. The van der Waals surface area contributed by atoms with Crippen molar-refractivity contribution in [2.24, 2.45) is 0 Å². The Bertz CT molecular complexity index is 987. The van der Waals surface area contributed by atoms with Crippen LogP contribution in [0, 0.1) is 11.3 Å². The number of aromatic nitrogens is 3. The summed E-state index contributed by atoms with van der Waals surface area (Å²) in [7, 11) is 1.68. The summed E-state index contributed by atoms with van der Waals surface area (Å²) in [6.45, 7) is 15.0. The monoisotopic (exact) mass is 404 g/mol. The maximum Gasteiger partial charge on any atom is 0.257 e. The maximum absolute atomic E-state index is 11.7. The number of hydrogen-bond acceptors (Lipinski definition) is 5. The number of nitriles is 1. The number of hydrogen-bond donors (Lipinski definition) is 2. The molecule has 7 heteroatoms. The molecule has 0 radical (unpaired) electrons. The smallest absolute Gasteiger partial charge is 0.257 e. The van der Waals surface area contributed by atoms with E-state index in [-0.39, 0.29) is 5.91 Å². The van der Waals surface area contributed by atoms with Crippen LogP contribution < -0.4 is 5.73 Å². The summed E-state index contributed by atoms with van der Waals surface area (Å²) < 4.78 is 0. The van der Waals surface area contributed by atoms with Gasteiger partial charge in [-0.15, -0.1) is 13.2 Å². The molecule has 7 nitrogen and oxygen atoms in total. The molecule has 0 saturated carbocycles. The summed E-state index contributed by atoms with van der Waals surface area (Å²) in [5, 5.41) is 8.50. The lowest BCUT2D eigenvalue weighted by Gasteiger charge is -2.11. The van der Waals surface area contributed by atoms with Crippen LogP contribution >= 0.6 is 0 Å². The minimum absolute atomic E-state index is 0.0660. The average molecular weight is 405 g/mol. The zero-order chi connectivity index (χ0) is 22.9. The molecule has 3 N–H and O–H groups in total. The fourth-order valence-electron chi connectivity index (χ4n) is 1.98. The summed E-state index contributed by atoms with van der Waals surface area (Å²) in [4.78, 5) is 23.8. The highest BCUT2D eigenvalue weighted by molar-refractivity contribution is 5.95. The summed E-state index contributed by atoms with van der Waals surface area (Å²) in [5.74, 6) is 0.454. The fourth-order valence-corrected chi connectivity index (χ4v) is 1.98. The van der Waals surface area contributed by atoms with Crippen LogP contribution in [0.15, 0.2) is 75.4 Å². The minimum Gasteiger partial charge on any atom is -0.383 e. The van der Waals surface area contributed by atoms with Gasteiger partial charge in [0.05, 0.1) is 11.5 Å². The van der Waals surface area contributed by atoms with E-state index in [4.69, 9.17) is 11.0 Å². The zero-order valence-corrected chi connectivity index (χ0v) is 17.5. The molecule has 0 fully saturated rings. The highest BCUT2D eigenvalue weighted by Crippen LogP contribution is 2.13. The summed E-state index contributed by atoms with van der Waals surface area (Å²) in [6.07, 6.45) is 7.05. The van der Waals surface area contributed by atoms with Gasteiger partial charge in [0.1, 0.15) is 17.8 Å². The lowest BCUT2D eigenvalue weighted by molar-refractivity contribution is 0.0850. The van der Waals surface area contributed by atoms with E-state index in [0.29, 0.717) is 17.8 Å². The molecule has 1 amide bonds. The van der Waals surface area contributed by atoms with Gasteiger partial charge in [0.15, 0.2) is 0 Å². The van der Waals surface area contributed by atoms with E-state index < -0.39 is 0 Å². The zero-order valence-electron chi connectivity index (χ0n) is 17.5. The van der Waals surface area contributed by atoms with E-state index in [2.05, 4.69) is 41.3 Å². The van der Waals surface area contributed by atoms with Crippen LogP contribution in [0.3, 0.4) is 0 Å². The normalized spacial score (nSPS) is 8.57. The Morgan fingerprint density at radius 1 is 1.30 bits per heavy atom. The number of rotatable bonds is 3. The molecule has 0 atom stereocenters. The summed E-state index contributed by atoms with van der Waals surface area (Å²) in [5.41, 5.74) is 7.90. The topological polar surface area (TPSA) is 112 Å². The van der Waals surface area contributed by atoms with E-state index in [1.165, 1.54) is 17.4 Å². The third-order valence-corrected chi connectivity index (χ3v) is 3.51. The van der Waals surface area contributed by atoms with Gasteiger partial charge in [-0.05, 0) is 30.0 Å². The van der Waals surface area contributed by atoms with Gasteiger partial charge in [-0.2, -0.15) is 5.26 Å². The minimum atomic E-state index is -0.0660. The number of anilines is 1. The SMILES string of the molecule is C=C.C=Cc1cccc(C(=O)N(C)C=C)c1.CCC#N.Nc1ncnc2[nH]ccc12. The van der Waals surface area contributed by atoms with Crippen LogP contribution in [0.1, 0.15) is 29.3 Å². The summed E-state index contributed by atoms with van der Waals surface area (Å²) >= 11 is 0. The Morgan fingerprint density at radius 3 is 2.50 bits per heavy atom. The van der Waals surface area contributed by atoms with Crippen LogP contribution in [0.25, 0.3) is 17.1 Å². The highest BCUT2D eigenvalue weighted by Gasteiger charge is 2.08. The lowest BCUT2D eigenvalue weighted by atomic mass is 10.1. The van der Waals surface area contributed by atoms with Crippen molar-refractivity contribution < 1.29 is 4.79 Å². The number of amides is 1. The van der Waals surface area contributed by atoms with Crippen molar-refractivity contribution in [2.75, 3.05) is 12.8 Å².